The van der Waals surface area contributed by atoms with Crippen molar-refractivity contribution in [2.24, 2.45) is 11.7 Å². The van der Waals surface area contributed by atoms with Gasteiger partial charge in [-0.1, -0.05) is 22.9 Å². The van der Waals surface area contributed by atoms with Gasteiger partial charge in [0.25, 0.3) is 0 Å². The summed E-state index contributed by atoms with van der Waals surface area (Å²) >= 11 is 3.43. The highest BCUT2D eigenvalue weighted by molar-refractivity contribution is 9.10. The van der Waals surface area contributed by atoms with E-state index in [1.165, 1.54) is 0 Å². The molecule has 0 aliphatic carbocycles. The lowest BCUT2D eigenvalue weighted by Crippen LogP contribution is -2.39. The van der Waals surface area contributed by atoms with Crippen LogP contribution in [0.15, 0.2) is 21.5 Å². The van der Waals surface area contributed by atoms with Gasteiger partial charge in [0, 0.05) is 24.1 Å². The van der Waals surface area contributed by atoms with Gasteiger partial charge in [-0.15, -0.1) is 0 Å². The first kappa shape index (κ1) is 15.9. The molecule has 4 nitrogen and oxygen atoms in total. The minimum absolute atomic E-state index is 0.331. The summed E-state index contributed by atoms with van der Waals surface area (Å²) in [6, 6.07) is 3.59. The van der Waals surface area contributed by atoms with Crippen LogP contribution in [0.2, 0.25) is 0 Å². The van der Waals surface area contributed by atoms with Crippen molar-refractivity contribution in [3.05, 3.63) is 27.7 Å². The monoisotopic (exact) mass is 360 g/mol. The largest absolute Gasteiger partial charge is 0.326 e. The SMILES string of the molecule is Cc1c(Br)cc(CN)cc1S(=O)(=O)N1CCCC(C)C1. The smallest absolute Gasteiger partial charge is 0.243 e. The third-order valence-corrected chi connectivity index (χ3v) is 6.64. The maximum absolute atomic E-state index is 12.8. The van der Waals surface area contributed by atoms with Crippen molar-refractivity contribution in [2.45, 2.75) is 38.1 Å². The van der Waals surface area contributed by atoms with E-state index in [2.05, 4.69) is 22.9 Å². The number of rotatable bonds is 3. The Labute approximate surface area is 129 Å². The summed E-state index contributed by atoms with van der Waals surface area (Å²) in [6.45, 7) is 5.46. The standard InChI is InChI=1S/C14H21BrN2O2S/c1-10-4-3-5-17(9-10)20(18,19)14-7-12(8-16)6-13(15)11(14)2/h6-7,10H,3-5,8-9,16H2,1-2H3. The molecule has 1 aliphatic rings. The zero-order valence-corrected chi connectivity index (χ0v) is 14.3. The van der Waals surface area contributed by atoms with E-state index in [0.29, 0.717) is 30.4 Å². The van der Waals surface area contributed by atoms with Crippen LogP contribution < -0.4 is 5.73 Å². The first-order valence-electron chi connectivity index (χ1n) is 6.85. The first-order valence-corrected chi connectivity index (χ1v) is 9.08. The fourth-order valence-electron chi connectivity index (χ4n) is 2.60. The maximum Gasteiger partial charge on any atom is 0.243 e. The molecule has 1 saturated heterocycles. The van der Waals surface area contributed by atoms with E-state index in [1.807, 2.05) is 13.0 Å². The van der Waals surface area contributed by atoms with Crippen molar-refractivity contribution in [2.75, 3.05) is 13.1 Å². The zero-order chi connectivity index (χ0) is 14.9. The second kappa shape index (κ2) is 6.13. The Kier molecular flexibility index (Phi) is 4.89. The molecule has 1 aromatic rings. The van der Waals surface area contributed by atoms with Gasteiger partial charge in [-0.3, -0.25) is 0 Å². The van der Waals surface area contributed by atoms with Crippen molar-refractivity contribution in [3.8, 4) is 0 Å². The highest BCUT2D eigenvalue weighted by Crippen LogP contribution is 2.30. The van der Waals surface area contributed by atoms with Gasteiger partial charge in [0.15, 0.2) is 0 Å². The minimum atomic E-state index is -3.43. The topological polar surface area (TPSA) is 63.4 Å². The molecule has 1 fully saturated rings. The molecule has 1 heterocycles. The molecule has 6 heteroatoms. The highest BCUT2D eigenvalue weighted by atomic mass is 79.9. The van der Waals surface area contributed by atoms with Crippen molar-refractivity contribution in [1.29, 1.82) is 0 Å². The molecule has 2 rings (SSSR count). The number of hydrogen-bond acceptors (Lipinski definition) is 3. The third kappa shape index (κ3) is 3.08. The Morgan fingerprint density at radius 2 is 2.15 bits per heavy atom. The third-order valence-electron chi connectivity index (χ3n) is 3.83. The van der Waals surface area contributed by atoms with Crippen molar-refractivity contribution < 1.29 is 8.42 Å². The van der Waals surface area contributed by atoms with E-state index in [4.69, 9.17) is 5.73 Å². The average Bonchev–Trinajstić information content (AvgIpc) is 2.41. The van der Waals surface area contributed by atoms with Crippen LogP contribution >= 0.6 is 15.9 Å². The van der Waals surface area contributed by atoms with E-state index < -0.39 is 10.0 Å². The summed E-state index contributed by atoms with van der Waals surface area (Å²) < 4.78 is 28.1. The predicted octanol–water partition coefficient (Wildman–Crippen LogP) is 2.64. The van der Waals surface area contributed by atoms with Crippen molar-refractivity contribution in [1.82, 2.24) is 4.31 Å². The molecular formula is C14H21BrN2O2S. The quantitative estimate of drug-likeness (QED) is 0.900. The molecule has 0 bridgehead atoms. The summed E-state index contributed by atoms with van der Waals surface area (Å²) in [6.07, 6.45) is 2.02. The molecule has 1 aliphatic heterocycles. The Morgan fingerprint density at radius 3 is 2.75 bits per heavy atom. The molecule has 2 N–H and O–H groups in total. The first-order chi connectivity index (χ1) is 9.36. The molecule has 0 spiro atoms. The minimum Gasteiger partial charge on any atom is -0.326 e. The second-order valence-corrected chi connectivity index (χ2v) is 8.28. The lowest BCUT2D eigenvalue weighted by molar-refractivity contribution is 0.281. The number of benzene rings is 1. The van der Waals surface area contributed by atoms with Crippen LogP contribution in [0.4, 0.5) is 0 Å². The van der Waals surface area contributed by atoms with Crippen LogP contribution in [-0.2, 0) is 16.6 Å². The molecule has 0 amide bonds. The average molecular weight is 361 g/mol. The van der Waals surface area contributed by atoms with Crippen molar-refractivity contribution in [3.63, 3.8) is 0 Å². The maximum atomic E-state index is 12.8. The van der Waals surface area contributed by atoms with Crippen LogP contribution in [0.25, 0.3) is 0 Å². The second-order valence-electron chi connectivity index (χ2n) is 5.52. The van der Waals surface area contributed by atoms with Gasteiger partial charge in [-0.25, -0.2) is 8.42 Å². The molecular weight excluding hydrogens is 340 g/mol. The Bertz CT molecular complexity index is 601. The van der Waals surface area contributed by atoms with E-state index in [-0.39, 0.29) is 0 Å². The van der Waals surface area contributed by atoms with E-state index >= 15 is 0 Å². The molecule has 112 valence electrons. The summed E-state index contributed by atoms with van der Waals surface area (Å²) in [5.74, 6) is 0.417. The van der Waals surface area contributed by atoms with Gasteiger partial charge in [-0.05, 0) is 48.9 Å². The van der Waals surface area contributed by atoms with Crippen LogP contribution in [0.5, 0.6) is 0 Å². The Balaban J connectivity index is 2.46. The molecule has 1 atom stereocenters. The van der Waals surface area contributed by atoms with Gasteiger partial charge >= 0.3 is 0 Å². The number of nitrogens with zero attached hydrogens (tertiary/aromatic N) is 1. The molecule has 0 saturated carbocycles. The number of nitrogens with two attached hydrogens (primary N) is 1. The Hall–Kier alpha value is -0.430. The van der Waals surface area contributed by atoms with Gasteiger partial charge in [-0.2, -0.15) is 4.31 Å². The predicted molar refractivity (Wildman–Crippen MR) is 83.9 cm³/mol. The fourth-order valence-corrected chi connectivity index (χ4v) is 5.13. The molecule has 0 radical (unpaired) electrons. The Morgan fingerprint density at radius 1 is 1.45 bits per heavy atom. The normalized spacial score (nSPS) is 21.1. The number of halogens is 1. The number of sulfonamides is 1. The highest BCUT2D eigenvalue weighted by Gasteiger charge is 2.30. The summed E-state index contributed by atoms with van der Waals surface area (Å²) in [7, 11) is -3.43. The van der Waals surface area contributed by atoms with Crippen LogP contribution in [0.1, 0.15) is 30.9 Å². The molecule has 20 heavy (non-hydrogen) atoms. The lowest BCUT2D eigenvalue weighted by atomic mass is 10.0. The lowest BCUT2D eigenvalue weighted by Gasteiger charge is -2.30. The van der Waals surface area contributed by atoms with Crippen LogP contribution in [-0.4, -0.2) is 25.8 Å². The van der Waals surface area contributed by atoms with Gasteiger partial charge in [0.2, 0.25) is 10.0 Å². The summed E-state index contributed by atoms with van der Waals surface area (Å²) in [5.41, 5.74) is 7.23. The zero-order valence-electron chi connectivity index (χ0n) is 11.9. The van der Waals surface area contributed by atoms with E-state index in [9.17, 15) is 8.42 Å². The van der Waals surface area contributed by atoms with E-state index in [0.717, 1.165) is 28.4 Å². The fraction of sp³-hybridized carbons (Fsp3) is 0.571. The summed E-state index contributed by atoms with van der Waals surface area (Å²) in [4.78, 5) is 0.376. The number of piperidine rings is 1. The van der Waals surface area contributed by atoms with Crippen LogP contribution in [0.3, 0.4) is 0 Å². The molecule has 1 unspecified atom stereocenters. The number of hydrogen-bond donors (Lipinski definition) is 1. The van der Waals surface area contributed by atoms with Gasteiger partial charge in [0.05, 0.1) is 4.90 Å². The van der Waals surface area contributed by atoms with Gasteiger partial charge in [0.1, 0.15) is 0 Å². The molecule has 1 aromatic carbocycles. The van der Waals surface area contributed by atoms with Crippen molar-refractivity contribution >= 4 is 26.0 Å². The van der Waals surface area contributed by atoms with Gasteiger partial charge < -0.3 is 5.73 Å². The molecule has 0 aromatic heterocycles. The van der Waals surface area contributed by atoms with E-state index in [1.54, 1.807) is 10.4 Å². The summed E-state index contributed by atoms with van der Waals surface area (Å²) in [5, 5.41) is 0. The van der Waals surface area contributed by atoms with Crippen LogP contribution in [0, 0.1) is 12.8 Å².